The Bertz CT molecular complexity index is 2700. The number of hydrogen-bond acceptors (Lipinski definition) is 22. The van der Waals surface area contributed by atoms with Gasteiger partial charge in [-0.15, -0.1) is 0 Å². The standard InChI is InChI=1S/C62H108N16O18/c1-34(2)31-40(66)49(83)72-43(23-29-69-58(92)95-61(8,9)10)51(85)74-42(20-26-64)54(88)78-46(35(3)80)55(89)67-28-22-44(52(86)73-41(19-25-63)50(84)71-38(33-79)32-37-17-15-14-16-18-37)75-53(87)45(24-30-70-59(93)96-62(11,12)13)76-56(90)47(36(4)81)77-48(82)39(65)21-27-68-57(91)94-60(5,6)7/h14-18,33-36,38-47,80-81H,19-32,63-66H2,1-13H3,(H,67,89)(H,68,91)(H,69,92)(H,70,93)(H,71,84)(H,72,83)(H,73,86)(H,74,85)(H,75,87)(H,76,90)(H,77,82)(H,78,88)/t35-,36-,38-,39+,40+,41+,42+,43+,44+,45+,46+,47+/m1/s1. The topological polar surface area (TPSA) is 538 Å². The van der Waals surface area contributed by atoms with E-state index in [9.17, 15) is 72.5 Å². The average Bonchev–Trinajstić information content (AvgIpc) is 0.894. The van der Waals surface area contributed by atoms with Crippen LogP contribution in [0.1, 0.15) is 141 Å². The van der Waals surface area contributed by atoms with Crippen molar-refractivity contribution in [2.45, 2.75) is 231 Å². The summed E-state index contributed by atoms with van der Waals surface area (Å²) < 4.78 is 15.8. The quantitative estimate of drug-likeness (QED) is 0.0226. The monoisotopic (exact) mass is 1360 g/mol. The molecule has 1 rings (SSSR count). The molecule has 0 saturated carbocycles. The fourth-order valence-corrected chi connectivity index (χ4v) is 8.75. The molecule has 0 bridgehead atoms. The number of aliphatic hydroxyl groups is 2. The Labute approximate surface area is 561 Å². The molecule has 0 aromatic heterocycles. The van der Waals surface area contributed by atoms with Crippen molar-refractivity contribution in [3.63, 3.8) is 0 Å². The predicted molar refractivity (Wildman–Crippen MR) is 352 cm³/mol. The average molecular weight is 1370 g/mol. The molecule has 0 heterocycles. The van der Waals surface area contributed by atoms with E-state index in [1.807, 2.05) is 13.8 Å². The number of benzene rings is 1. The molecule has 0 aliphatic heterocycles. The third-order valence-electron chi connectivity index (χ3n) is 13.4. The summed E-state index contributed by atoms with van der Waals surface area (Å²) in [5.74, 6) is -8.93. The normalized spacial score (nSPS) is 15.3. The highest BCUT2D eigenvalue weighted by Gasteiger charge is 2.36. The third kappa shape index (κ3) is 36.0. The van der Waals surface area contributed by atoms with Crippen LogP contribution in [0.15, 0.2) is 30.3 Å². The van der Waals surface area contributed by atoms with Crippen molar-refractivity contribution >= 4 is 77.7 Å². The summed E-state index contributed by atoms with van der Waals surface area (Å²) >= 11 is 0. The van der Waals surface area contributed by atoms with E-state index in [0.717, 1.165) is 13.8 Å². The zero-order valence-corrected chi connectivity index (χ0v) is 57.6. The summed E-state index contributed by atoms with van der Waals surface area (Å²) in [5, 5.41) is 51.4. The third-order valence-corrected chi connectivity index (χ3v) is 13.4. The van der Waals surface area contributed by atoms with Gasteiger partial charge in [0.05, 0.1) is 30.3 Å². The van der Waals surface area contributed by atoms with Crippen LogP contribution in [0.3, 0.4) is 0 Å². The number of alkyl carbamates (subject to hydrolysis) is 3. The lowest BCUT2D eigenvalue weighted by atomic mass is 10.0. The van der Waals surface area contributed by atoms with Crippen LogP contribution in [0.4, 0.5) is 14.4 Å². The van der Waals surface area contributed by atoms with Crippen molar-refractivity contribution in [3.05, 3.63) is 35.9 Å². The van der Waals surface area contributed by atoms with E-state index < -0.39 is 180 Å². The Balaban J connectivity index is 3.75. The number of aldehydes is 1. The van der Waals surface area contributed by atoms with Gasteiger partial charge in [0.25, 0.3) is 0 Å². The molecule has 0 spiro atoms. The molecule has 1 aromatic carbocycles. The predicted octanol–water partition coefficient (Wildman–Crippen LogP) is -3.28. The summed E-state index contributed by atoms with van der Waals surface area (Å²) in [4.78, 5) is 175. The maximum Gasteiger partial charge on any atom is 0.407 e. The van der Waals surface area contributed by atoms with Crippen LogP contribution in [0.25, 0.3) is 0 Å². The molecule has 544 valence electrons. The minimum Gasteiger partial charge on any atom is -0.444 e. The summed E-state index contributed by atoms with van der Waals surface area (Å²) in [7, 11) is 0. The van der Waals surface area contributed by atoms with Crippen LogP contribution in [0.5, 0.6) is 0 Å². The molecule has 1 aromatic rings. The second-order valence-electron chi connectivity index (χ2n) is 26.4. The zero-order valence-electron chi connectivity index (χ0n) is 57.6. The largest absolute Gasteiger partial charge is 0.444 e. The highest BCUT2D eigenvalue weighted by atomic mass is 16.6. The smallest absolute Gasteiger partial charge is 0.407 e. The van der Waals surface area contributed by atoms with E-state index in [4.69, 9.17) is 37.1 Å². The first-order valence-electron chi connectivity index (χ1n) is 32.0. The van der Waals surface area contributed by atoms with Gasteiger partial charge < -0.3 is 116 Å². The van der Waals surface area contributed by atoms with Crippen molar-refractivity contribution in [1.82, 2.24) is 63.8 Å². The SMILES string of the molecule is CC(C)C[C@H](N)C(=O)N[C@@H](CCNC(=O)OC(C)(C)C)C(=O)N[C@@H](CCN)C(=O)N[C@H](C(=O)NCC[C@H](NC(=O)[C@H](CCNC(=O)OC(C)(C)C)NC(=O)[C@@H](NC(=O)[C@@H](N)CCNC(=O)OC(C)(C)C)[C@@H](C)O)C(=O)N[C@@H](CCN)C(=O)N[C@@H](C=O)Cc1ccccc1)[C@@H](C)O. The molecule has 96 heavy (non-hydrogen) atoms. The van der Waals surface area contributed by atoms with E-state index in [1.165, 1.54) is 0 Å². The molecule has 34 nitrogen and oxygen atoms in total. The van der Waals surface area contributed by atoms with Crippen LogP contribution in [-0.4, -0.2) is 217 Å². The number of nitrogens with two attached hydrogens (primary N) is 4. The Morgan fingerprint density at radius 3 is 1.12 bits per heavy atom. The van der Waals surface area contributed by atoms with Crippen molar-refractivity contribution in [1.29, 1.82) is 0 Å². The van der Waals surface area contributed by atoms with Gasteiger partial charge in [-0.2, -0.15) is 0 Å². The van der Waals surface area contributed by atoms with Gasteiger partial charge in [0.2, 0.25) is 53.2 Å². The fourth-order valence-electron chi connectivity index (χ4n) is 8.75. The van der Waals surface area contributed by atoms with Gasteiger partial charge >= 0.3 is 18.3 Å². The van der Waals surface area contributed by atoms with Gasteiger partial charge in [0.1, 0.15) is 65.4 Å². The molecular weight excluding hydrogens is 1260 g/mol. The van der Waals surface area contributed by atoms with E-state index in [0.29, 0.717) is 11.8 Å². The number of carbonyl (C=O) groups is 13. The van der Waals surface area contributed by atoms with Crippen molar-refractivity contribution in [2.75, 3.05) is 39.3 Å². The minimum atomic E-state index is -1.80. The molecule has 0 aliphatic rings. The summed E-state index contributed by atoms with van der Waals surface area (Å²) in [6, 6.07) is -6.26. The van der Waals surface area contributed by atoms with Crippen molar-refractivity contribution in [2.24, 2.45) is 28.9 Å². The van der Waals surface area contributed by atoms with Gasteiger partial charge in [-0.25, -0.2) is 14.4 Å². The Morgan fingerprint density at radius 2 is 0.750 bits per heavy atom. The second kappa shape index (κ2) is 42.3. The Kier molecular flexibility index (Phi) is 37.8. The maximum atomic E-state index is 14.6. The number of ether oxygens (including phenoxy) is 3. The summed E-state index contributed by atoms with van der Waals surface area (Å²) in [5.41, 5.74) is 22.0. The first-order valence-corrected chi connectivity index (χ1v) is 32.0. The van der Waals surface area contributed by atoms with E-state index in [2.05, 4.69) is 63.8 Å². The summed E-state index contributed by atoms with van der Waals surface area (Å²) in [6.07, 6.45) is -6.88. The van der Waals surface area contributed by atoms with Gasteiger partial charge in [-0.1, -0.05) is 44.2 Å². The number of rotatable bonds is 40. The lowest BCUT2D eigenvalue weighted by Gasteiger charge is -2.28. The van der Waals surface area contributed by atoms with Crippen LogP contribution in [-0.2, 0) is 68.6 Å². The minimum absolute atomic E-state index is 0.00555. The molecule has 0 saturated heterocycles. The molecule has 0 unspecified atom stereocenters. The van der Waals surface area contributed by atoms with Crippen LogP contribution < -0.4 is 86.7 Å². The van der Waals surface area contributed by atoms with Gasteiger partial charge in [0.15, 0.2) is 0 Å². The van der Waals surface area contributed by atoms with Crippen LogP contribution in [0.2, 0.25) is 0 Å². The molecule has 0 aliphatic carbocycles. The Hall–Kier alpha value is -8.31. The fraction of sp³-hybridized carbons (Fsp3) is 0.694. The molecule has 22 N–H and O–H groups in total. The van der Waals surface area contributed by atoms with Gasteiger partial charge in [-0.3, -0.25) is 43.2 Å². The molecule has 34 heteroatoms. The number of hydrogen-bond donors (Lipinski definition) is 18. The first-order chi connectivity index (χ1) is 44.6. The number of aliphatic hydroxyl groups excluding tert-OH is 2. The van der Waals surface area contributed by atoms with Gasteiger partial charge in [-0.05, 0) is 152 Å². The molecule has 12 amide bonds. The van der Waals surface area contributed by atoms with Crippen LogP contribution in [0, 0.1) is 5.92 Å². The van der Waals surface area contributed by atoms with E-state index >= 15 is 0 Å². The second-order valence-corrected chi connectivity index (χ2v) is 26.4. The summed E-state index contributed by atoms with van der Waals surface area (Å²) in [6.45, 7) is 18.9. The molecular formula is C62H108N16O18. The number of carbonyl (C=O) groups excluding carboxylic acids is 13. The lowest BCUT2D eigenvalue weighted by Crippen LogP contribution is -2.61. The maximum absolute atomic E-state index is 14.6. The van der Waals surface area contributed by atoms with Crippen molar-refractivity contribution < 1.29 is 86.8 Å². The first kappa shape index (κ1) is 85.7. The zero-order chi connectivity index (χ0) is 73.3. The highest BCUT2D eigenvalue weighted by molar-refractivity contribution is 5.97. The number of amides is 12. The van der Waals surface area contributed by atoms with E-state index in [1.54, 1.807) is 92.6 Å². The molecule has 0 fully saturated rings. The lowest BCUT2D eigenvalue weighted by molar-refractivity contribution is -0.136. The Morgan fingerprint density at radius 1 is 0.427 bits per heavy atom. The van der Waals surface area contributed by atoms with Crippen molar-refractivity contribution in [3.8, 4) is 0 Å². The van der Waals surface area contributed by atoms with Crippen LogP contribution >= 0.6 is 0 Å². The molecule has 12 atom stereocenters. The molecule has 0 radical (unpaired) electrons. The highest BCUT2D eigenvalue weighted by Crippen LogP contribution is 2.12. The van der Waals surface area contributed by atoms with Gasteiger partial charge in [0, 0.05) is 26.2 Å². The number of nitrogens with one attached hydrogen (secondary N) is 12. The van der Waals surface area contributed by atoms with E-state index in [-0.39, 0.29) is 77.2 Å².